The number of hydrogen-bond acceptors (Lipinski definition) is 7. The Hall–Kier alpha value is -6.34. The number of carbonyl (C=O) groups excluding carboxylic acids is 1. The highest BCUT2D eigenvalue weighted by Crippen LogP contribution is 2.33. The van der Waals surface area contributed by atoms with Crippen LogP contribution in [-0.4, -0.2) is 55.5 Å². The van der Waals surface area contributed by atoms with Gasteiger partial charge in [0, 0.05) is 35.2 Å². The first-order valence-corrected chi connectivity index (χ1v) is 19.4. The molecule has 4 aromatic heterocycles. The minimum Gasteiger partial charge on any atom is -0.480 e. The first kappa shape index (κ1) is 52.0. The monoisotopic (exact) mass is 907 g/mol. The molecule has 6 aromatic rings. The Balaban J connectivity index is 0.000000279. The molecule has 348 valence electrons. The van der Waals surface area contributed by atoms with Gasteiger partial charge in [0.1, 0.15) is 29.3 Å². The lowest BCUT2D eigenvalue weighted by Crippen LogP contribution is -2.23. The number of alkyl halides is 6. The summed E-state index contributed by atoms with van der Waals surface area (Å²) in [5.41, 5.74) is 7.83. The quantitative estimate of drug-likeness (QED) is 0.143. The fraction of sp³-hybridized carbons (Fsp3) is 0.409. The van der Waals surface area contributed by atoms with Gasteiger partial charge in [0.2, 0.25) is 0 Å². The predicted octanol–water partition coefficient (Wildman–Crippen LogP) is 10.6. The van der Waals surface area contributed by atoms with E-state index < -0.39 is 47.2 Å². The molecule has 0 aliphatic rings. The Kier molecular flexibility index (Phi) is 15.9. The molecule has 4 heterocycles. The van der Waals surface area contributed by atoms with Crippen LogP contribution in [0.4, 0.5) is 40.8 Å². The molecule has 0 fully saturated rings. The van der Waals surface area contributed by atoms with Crippen molar-refractivity contribution < 1.29 is 49.8 Å². The molecular formula is C44H53F8N9O3. The van der Waals surface area contributed by atoms with Gasteiger partial charge in [-0.25, -0.2) is 32.9 Å². The zero-order chi connectivity index (χ0) is 47.6. The van der Waals surface area contributed by atoms with Crippen molar-refractivity contribution in [2.75, 3.05) is 5.73 Å². The van der Waals surface area contributed by atoms with Crippen molar-refractivity contribution in [1.82, 2.24) is 38.7 Å². The number of Topliss-reactive ketones (excluding diaryl/α,β-unsaturated/α-hetero) is 1. The van der Waals surface area contributed by atoms with Crippen LogP contribution >= 0.6 is 0 Å². The van der Waals surface area contributed by atoms with Crippen molar-refractivity contribution in [3.05, 3.63) is 125 Å². The van der Waals surface area contributed by atoms with E-state index in [9.17, 15) is 44.7 Å². The van der Waals surface area contributed by atoms with Crippen LogP contribution in [0.5, 0.6) is 0 Å². The largest absolute Gasteiger partial charge is 0.480 e. The topological polar surface area (TPSA) is 152 Å². The molecule has 2 atom stereocenters. The Morgan fingerprint density at radius 3 is 1.39 bits per heavy atom. The number of aliphatic carboxylic acids is 1. The van der Waals surface area contributed by atoms with Crippen molar-refractivity contribution in [3.8, 4) is 11.4 Å². The molecule has 0 aliphatic heterocycles. The van der Waals surface area contributed by atoms with Gasteiger partial charge in [-0.3, -0.25) is 4.79 Å². The Bertz CT molecular complexity index is 2520. The van der Waals surface area contributed by atoms with Gasteiger partial charge in [-0.2, -0.15) is 36.5 Å². The molecule has 2 unspecified atom stereocenters. The summed E-state index contributed by atoms with van der Waals surface area (Å²) in [5, 5.41) is 17.3. The van der Waals surface area contributed by atoms with Gasteiger partial charge in [-0.1, -0.05) is 49.0 Å². The number of imidazole rings is 2. The molecule has 3 N–H and O–H groups in total. The lowest BCUT2D eigenvalue weighted by atomic mass is 9.87. The van der Waals surface area contributed by atoms with Crippen LogP contribution in [-0.2, 0) is 39.2 Å². The minimum absolute atomic E-state index is 0. The third-order valence-corrected chi connectivity index (χ3v) is 9.64. The predicted molar refractivity (Wildman–Crippen MR) is 225 cm³/mol. The lowest BCUT2D eigenvalue weighted by Gasteiger charge is -2.23. The molecule has 20 heteroatoms. The van der Waals surface area contributed by atoms with Crippen molar-refractivity contribution >= 4 is 17.4 Å². The normalized spacial score (nSPS) is 12.9. The molecule has 0 aliphatic carbocycles. The van der Waals surface area contributed by atoms with Crippen molar-refractivity contribution in [1.29, 1.82) is 0 Å². The number of rotatable bonds is 8. The molecule has 0 radical (unpaired) electrons. The summed E-state index contributed by atoms with van der Waals surface area (Å²) in [6, 6.07) is 10.2. The number of ketones is 1. The average Bonchev–Trinajstić information content (AvgIpc) is 3.96. The summed E-state index contributed by atoms with van der Waals surface area (Å²) < 4.78 is 107. The zero-order valence-electron chi connectivity index (χ0n) is 36.2. The maximum Gasteiger partial charge on any atom is 0.434 e. The van der Waals surface area contributed by atoms with Gasteiger partial charge in [0.15, 0.2) is 17.2 Å². The molecule has 0 bridgehead atoms. The summed E-state index contributed by atoms with van der Waals surface area (Å²) in [5.74, 6) is -1.95. The average molecular weight is 908 g/mol. The number of nitrogens with zero attached hydrogens (tertiary/aromatic N) is 8. The van der Waals surface area contributed by atoms with Crippen LogP contribution in [0, 0.1) is 25.5 Å². The molecule has 2 aromatic carbocycles. The second-order valence-electron chi connectivity index (χ2n) is 16.7. The molecule has 0 amide bonds. The molecule has 0 spiro atoms. The molecule has 0 saturated carbocycles. The number of aryl methyl sites for hydroxylation is 2. The van der Waals surface area contributed by atoms with Gasteiger partial charge in [-0.05, 0) is 76.2 Å². The molecule has 0 saturated heterocycles. The van der Waals surface area contributed by atoms with E-state index in [0.29, 0.717) is 23.1 Å². The number of benzene rings is 2. The SMILES string of the molecule is C.CC(C)(C)c1c(N)cnn1-c1ccc(F)cc1.Cc1nc(C(F)(F)F)cn1C(C)C(=O)Cc1cnn(-c2ccc(F)cc2)c1C(C)(C)C.Cc1nc(C(F)(F)F)cn1C(C)C(=O)O. The molecule has 12 nitrogen and oxygen atoms in total. The van der Waals surface area contributed by atoms with Gasteiger partial charge in [0.05, 0.1) is 46.9 Å². The summed E-state index contributed by atoms with van der Waals surface area (Å²) in [4.78, 5) is 30.4. The maximum absolute atomic E-state index is 13.3. The van der Waals surface area contributed by atoms with Crippen LogP contribution in [0.2, 0.25) is 0 Å². The molecule has 6 rings (SSSR count). The van der Waals surface area contributed by atoms with E-state index in [0.717, 1.165) is 27.8 Å². The van der Waals surface area contributed by atoms with Crippen molar-refractivity contribution in [2.45, 2.75) is 118 Å². The van der Waals surface area contributed by atoms with E-state index in [1.807, 2.05) is 20.8 Å². The van der Waals surface area contributed by atoms with E-state index in [1.54, 1.807) is 52.9 Å². The van der Waals surface area contributed by atoms with Crippen molar-refractivity contribution in [3.63, 3.8) is 0 Å². The van der Waals surface area contributed by atoms with Gasteiger partial charge in [-0.15, -0.1) is 0 Å². The first-order chi connectivity index (χ1) is 28.9. The third kappa shape index (κ3) is 12.4. The fourth-order valence-corrected chi connectivity index (χ4v) is 6.62. The standard InChI is InChI=1S/C22H24F4N4O.C13H16FN3.C8H9F3N2O2.CH4/c1-13(29-12-19(22(24,25)26)28-14(29)2)18(31)10-15-11-27-30(20(15)21(3,4)5)17-8-6-16(23)7-9-17;1-13(2,3)12-11(15)8-16-17(12)10-6-4-9(14)5-7-10;1-4(7(14)15)13-3-6(8(9,10)11)12-5(13)2;/h6-9,11-13H,10H2,1-5H3;4-8H,15H2,1-3H3;3-4H,1-2H3,(H,14,15);1H4. The summed E-state index contributed by atoms with van der Waals surface area (Å²) in [6.45, 7) is 17.7. The smallest absolute Gasteiger partial charge is 0.434 e. The van der Waals surface area contributed by atoms with Crippen molar-refractivity contribution in [2.24, 2.45) is 0 Å². The Labute approximate surface area is 365 Å². The summed E-state index contributed by atoms with van der Waals surface area (Å²) in [6.07, 6.45) is -4.35. The number of carboxylic acid groups (broad SMARTS) is 1. The van der Waals surface area contributed by atoms with E-state index in [1.165, 1.54) is 49.6 Å². The number of nitrogen functional groups attached to an aromatic ring is 1. The number of hydrogen-bond donors (Lipinski definition) is 2. The van der Waals surface area contributed by atoms with Crippen LogP contribution in [0.25, 0.3) is 11.4 Å². The van der Waals surface area contributed by atoms with E-state index in [4.69, 9.17) is 10.8 Å². The van der Waals surface area contributed by atoms with Crippen LogP contribution in [0.3, 0.4) is 0 Å². The van der Waals surface area contributed by atoms with Crippen LogP contribution < -0.4 is 5.73 Å². The number of nitrogens with two attached hydrogens (primary N) is 1. The van der Waals surface area contributed by atoms with Crippen LogP contribution in [0.1, 0.15) is 115 Å². The highest BCUT2D eigenvalue weighted by Gasteiger charge is 2.37. The van der Waals surface area contributed by atoms with E-state index in [-0.39, 0.29) is 48.3 Å². The van der Waals surface area contributed by atoms with E-state index in [2.05, 4.69) is 40.9 Å². The Morgan fingerprint density at radius 1 is 0.656 bits per heavy atom. The highest BCUT2D eigenvalue weighted by atomic mass is 19.4. The number of carboxylic acids is 1. The lowest BCUT2D eigenvalue weighted by molar-refractivity contribution is -0.142. The maximum atomic E-state index is 13.3. The fourth-order valence-electron chi connectivity index (χ4n) is 6.62. The summed E-state index contributed by atoms with van der Waals surface area (Å²) >= 11 is 0. The summed E-state index contributed by atoms with van der Waals surface area (Å²) in [7, 11) is 0. The van der Waals surface area contributed by atoms with Crippen LogP contribution in [0.15, 0.2) is 73.3 Å². The number of aromatic nitrogens is 8. The number of anilines is 1. The van der Waals surface area contributed by atoms with Gasteiger partial charge in [0.25, 0.3) is 0 Å². The second-order valence-corrected chi connectivity index (χ2v) is 16.7. The minimum atomic E-state index is -4.57. The van der Waals surface area contributed by atoms with Gasteiger partial charge >= 0.3 is 18.3 Å². The second kappa shape index (κ2) is 19.6. The molecule has 64 heavy (non-hydrogen) atoms. The third-order valence-electron chi connectivity index (χ3n) is 9.64. The zero-order valence-corrected chi connectivity index (χ0v) is 36.2. The number of halogens is 8. The highest BCUT2D eigenvalue weighted by molar-refractivity contribution is 5.84. The number of carbonyl (C=O) groups is 2. The molecular weight excluding hydrogens is 855 g/mol. The van der Waals surface area contributed by atoms with Gasteiger partial charge < -0.3 is 20.0 Å². The van der Waals surface area contributed by atoms with E-state index >= 15 is 0 Å². The first-order valence-electron chi connectivity index (χ1n) is 19.4. The Morgan fingerprint density at radius 2 is 1.03 bits per heavy atom.